The van der Waals surface area contributed by atoms with Gasteiger partial charge in [0.1, 0.15) is 5.82 Å². The smallest absolute Gasteiger partial charge is 0.126 e. The molecule has 3 rings (SSSR count). The highest BCUT2D eigenvalue weighted by molar-refractivity contribution is 5.23. The van der Waals surface area contributed by atoms with Crippen molar-refractivity contribution in [1.82, 2.24) is 4.90 Å². The van der Waals surface area contributed by atoms with Gasteiger partial charge in [0.15, 0.2) is 0 Å². The molecule has 2 saturated heterocycles. The topological polar surface area (TPSA) is 29.3 Å². The van der Waals surface area contributed by atoms with Gasteiger partial charge in [0, 0.05) is 18.6 Å². The van der Waals surface area contributed by atoms with E-state index < -0.39 is 0 Å². The molecule has 2 fully saturated rings. The van der Waals surface area contributed by atoms with Gasteiger partial charge in [-0.15, -0.1) is 0 Å². The Kier molecular flexibility index (Phi) is 3.35. The van der Waals surface area contributed by atoms with Gasteiger partial charge < -0.3 is 5.73 Å². The second kappa shape index (κ2) is 4.98. The Labute approximate surface area is 108 Å². The number of benzene rings is 1. The third-order valence-electron chi connectivity index (χ3n) is 4.53. The largest absolute Gasteiger partial charge is 0.328 e. The van der Waals surface area contributed by atoms with Gasteiger partial charge in [-0.3, -0.25) is 4.90 Å². The molecule has 2 heterocycles. The highest BCUT2D eigenvalue weighted by Crippen LogP contribution is 2.34. The van der Waals surface area contributed by atoms with E-state index in [9.17, 15) is 4.39 Å². The van der Waals surface area contributed by atoms with Crippen LogP contribution in [-0.2, 0) is 0 Å². The maximum atomic E-state index is 13.8. The minimum Gasteiger partial charge on any atom is -0.328 e. The van der Waals surface area contributed by atoms with E-state index in [4.69, 9.17) is 5.73 Å². The molecule has 0 saturated carbocycles. The molecule has 1 aromatic carbocycles. The Morgan fingerprint density at radius 1 is 1.17 bits per heavy atom. The van der Waals surface area contributed by atoms with E-state index >= 15 is 0 Å². The Balaban J connectivity index is 1.73. The van der Waals surface area contributed by atoms with Crippen LogP contribution in [0.5, 0.6) is 0 Å². The monoisotopic (exact) mass is 248 g/mol. The summed E-state index contributed by atoms with van der Waals surface area (Å²) in [7, 11) is 0. The zero-order chi connectivity index (χ0) is 12.5. The summed E-state index contributed by atoms with van der Waals surface area (Å²) in [6, 6.07) is 8.23. The van der Waals surface area contributed by atoms with Crippen LogP contribution < -0.4 is 5.73 Å². The number of hydrogen-bond acceptors (Lipinski definition) is 2. The molecule has 0 aromatic heterocycles. The van der Waals surface area contributed by atoms with Crippen molar-refractivity contribution in [2.75, 3.05) is 13.1 Å². The molecule has 98 valence electrons. The molecule has 0 radical (unpaired) electrons. The number of halogens is 1. The number of nitrogens with zero attached hydrogens (tertiary/aromatic N) is 1. The summed E-state index contributed by atoms with van der Waals surface area (Å²) >= 11 is 0. The van der Waals surface area contributed by atoms with E-state index in [0.29, 0.717) is 18.0 Å². The highest BCUT2D eigenvalue weighted by atomic mass is 19.1. The van der Waals surface area contributed by atoms with E-state index in [-0.39, 0.29) is 5.82 Å². The summed E-state index contributed by atoms with van der Waals surface area (Å²) in [5.74, 6) is 0.312. The molecule has 2 aliphatic heterocycles. The van der Waals surface area contributed by atoms with Crippen molar-refractivity contribution < 1.29 is 4.39 Å². The van der Waals surface area contributed by atoms with E-state index in [2.05, 4.69) is 4.90 Å². The first-order valence-corrected chi connectivity index (χ1v) is 6.98. The lowest BCUT2D eigenvalue weighted by molar-refractivity contribution is 0.0860. The van der Waals surface area contributed by atoms with Crippen LogP contribution >= 0.6 is 0 Å². The van der Waals surface area contributed by atoms with Gasteiger partial charge in [-0.05, 0) is 49.8 Å². The molecule has 2 nitrogen and oxygen atoms in total. The van der Waals surface area contributed by atoms with Gasteiger partial charge in [-0.25, -0.2) is 4.39 Å². The van der Waals surface area contributed by atoms with Crippen LogP contribution in [0.1, 0.15) is 37.2 Å². The van der Waals surface area contributed by atoms with Crippen LogP contribution in [0.25, 0.3) is 0 Å². The average molecular weight is 248 g/mol. The van der Waals surface area contributed by atoms with E-state index in [0.717, 1.165) is 44.3 Å². The van der Waals surface area contributed by atoms with Crippen LogP contribution in [0, 0.1) is 5.82 Å². The Bertz CT molecular complexity index is 421. The molecule has 0 amide bonds. The zero-order valence-electron chi connectivity index (χ0n) is 10.7. The number of fused-ring (bicyclic) bond motifs is 1. The molecule has 3 atom stereocenters. The fourth-order valence-corrected chi connectivity index (χ4v) is 3.50. The molecule has 3 heteroatoms. The van der Waals surface area contributed by atoms with Gasteiger partial charge in [-0.1, -0.05) is 18.2 Å². The summed E-state index contributed by atoms with van der Waals surface area (Å²) in [5.41, 5.74) is 6.92. The standard InChI is InChI=1S/C15H21FN2/c16-15-4-2-1-3-14(15)11-5-6-13-9-12(17)7-8-18(13)10-11/h1-4,11-13H,5-10,17H2/t11-,12-,13+/m1/s1. The molecule has 18 heavy (non-hydrogen) atoms. The zero-order valence-corrected chi connectivity index (χ0v) is 10.7. The molecule has 0 aliphatic carbocycles. The summed E-state index contributed by atoms with van der Waals surface area (Å²) in [6.07, 6.45) is 4.45. The first-order chi connectivity index (χ1) is 8.74. The fourth-order valence-electron chi connectivity index (χ4n) is 3.50. The first-order valence-electron chi connectivity index (χ1n) is 6.98. The first kappa shape index (κ1) is 12.1. The van der Waals surface area contributed by atoms with Crippen LogP contribution in [0.15, 0.2) is 24.3 Å². The van der Waals surface area contributed by atoms with Crippen molar-refractivity contribution in [1.29, 1.82) is 0 Å². The second-order valence-corrected chi connectivity index (χ2v) is 5.73. The Morgan fingerprint density at radius 2 is 2.00 bits per heavy atom. The third kappa shape index (κ3) is 2.29. The number of piperidine rings is 2. The Morgan fingerprint density at radius 3 is 2.83 bits per heavy atom. The number of hydrogen-bond donors (Lipinski definition) is 1. The van der Waals surface area contributed by atoms with Crippen molar-refractivity contribution in [2.45, 2.75) is 43.7 Å². The van der Waals surface area contributed by atoms with Crippen LogP contribution in [-0.4, -0.2) is 30.1 Å². The van der Waals surface area contributed by atoms with E-state index in [1.165, 1.54) is 0 Å². The summed E-state index contributed by atoms with van der Waals surface area (Å²) in [4.78, 5) is 2.52. The van der Waals surface area contributed by atoms with Crippen molar-refractivity contribution in [3.05, 3.63) is 35.6 Å². The van der Waals surface area contributed by atoms with E-state index in [1.807, 2.05) is 12.1 Å². The minimum atomic E-state index is -0.0466. The fraction of sp³-hybridized carbons (Fsp3) is 0.600. The lowest BCUT2D eigenvalue weighted by Gasteiger charge is -2.44. The second-order valence-electron chi connectivity index (χ2n) is 5.73. The van der Waals surface area contributed by atoms with Gasteiger partial charge in [0.05, 0.1) is 0 Å². The summed E-state index contributed by atoms with van der Waals surface area (Å²) in [5, 5.41) is 0. The van der Waals surface area contributed by atoms with Crippen molar-refractivity contribution >= 4 is 0 Å². The van der Waals surface area contributed by atoms with Crippen LogP contribution in [0.4, 0.5) is 4.39 Å². The normalized spacial score (nSPS) is 33.1. The quantitative estimate of drug-likeness (QED) is 0.827. The van der Waals surface area contributed by atoms with Gasteiger partial charge in [0.25, 0.3) is 0 Å². The lowest BCUT2D eigenvalue weighted by atomic mass is 9.83. The Hall–Kier alpha value is -0.930. The number of rotatable bonds is 1. The van der Waals surface area contributed by atoms with Crippen LogP contribution in [0.3, 0.4) is 0 Å². The molecule has 0 unspecified atom stereocenters. The van der Waals surface area contributed by atoms with Gasteiger partial charge in [-0.2, -0.15) is 0 Å². The maximum Gasteiger partial charge on any atom is 0.126 e. The predicted octanol–water partition coefficient (Wildman–Crippen LogP) is 2.49. The molecule has 0 bridgehead atoms. The summed E-state index contributed by atoms with van der Waals surface area (Å²) in [6.45, 7) is 2.08. The van der Waals surface area contributed by atoms with Gasteiger partial charge in [0.2, 0.25) is 0 Å². The van der Waals surface area contributed by atoms with Crippen molar-refractivity contribution in [3.63, 3.8) is 0 Å². The van der Waals surface area contributed by atoms with Gasteiger partial charge >= 0.3 is 0 Å². The van der Waals surface area contributed by atoms with E-state index in [1.54, 1.807) is 12.1 Å². The van der Waals surface area contributed by atoms with Crippen molar-refractivity contribution in [2.24, 2.45) is 5.73 Å². The molecule has 2 aliphatic rings. The highest BCUT2D eigenvalue weighted by Gasteiger charge is 2.33. The molecule has 0 spiro atoms. The molecule has 2 N–H and O–H groups in total. The SMILES string of the molecule is N[C@@H]1CCN2C[C@H](c3ccccc3F)CC[C@H]2C1. The molecule has 1 aromatic rings. The van der Waals surface area contributed by atoms with Crippen LogP contribution in [0.2, 0.25) is 0 Å². The average Bonchev–Trinajstić information content (AvgIpc) is 2.39. The predicted molar refractivity (Wildman–Crippen MR) is 70.9 cm³/mol. The third-order valence-corrected chi connectivity index (χ3v) is 4.53. The molecular formula is C15H21FN2. The lowest BCUT2D eigenvalue weighted by Crippen LogP contribution is -2.50. The maximum absolute atomic E-state index is 13.8. The van der Waals surface area contributed by atoms with Crippen molar-refractivity contribution in [3.8, 4) is 0 Å². The summed E-state index contributed by atoms with van der Waals surface area (Å²) < 4.78 is 13.8. The molecular weight excluding hydrogens is 227 g/mol. The number of nitrogens with two attached hydrogens (primary N) is 1. The minimum absolute atomic E-state index is 0.0466.